The molecule has 0 amide bonds. The lowest BCUT2D eigenvalue weighted by Crippen LogP contribution is -2.29. The van der Waals surface area contributed by atoms with Crippen LogP contribution in [0, 0.1) is 0 Å². The van der Waals surface area contributed by atoms with Gasteiger partial charge >= 0.3 is 5.69 Å². The molecule has 0 spiro atoms. The van der Waals surface area contributed by atoms with Gasteiger partial charge in [-0.05, 0) is 17.5 Å². The van der Waals surface area contributed by atoms with Crippen LogP contribution < -0.4 is 11.0 Å². The lowest BCUT2D eigenvalue weighted by Gasteiger charge is -2.24. The van der Waals surface area contributed by atoms with Crippen molar-refractivity contribution in [2.45, 2.75) is 19.0 Å². The summed E-state index contributed by atoms with van der Waals surface area (Å²) in [7, 11) is 0. The van der Waals surface area contributed by atoms with Crippen LogP contribution in [0.1, 0.15) is 23.0 Å². The number of hydrogen-bond acceptors (Lipinski definition) is 3. The first-order chi connectivity index (χ1) is 7.83. The number of H-pyrrole nitrogens is 2. The van der Waals surface area contributed by atoms with E-state index in [0.29, 0.717) is 5.82 Å². The van der Waals surface area contributed by atoms with E-state index in [1.54, 1.807) is 0 Å². The number of nitrogens with zero attached hydrogens (tertiary/aromatic N) is 1. The highest BCUT2D eigenvalue weighted by Gasteiger charge is 2.21. The number of hydrogen-bond donors (Lipinski definition) is 3. The number of benzene rings is 1. The lowest BCUT2D eigenvalue weighted by atomic mass is 9.96. The normalized spacial score (nSPS) is 19.4. The van der Waals surface area contributed by atoms with E-state index in [1.807, 2.05) is 12.1 Å². The largest absolute Gasteiger partial charge is 0.340 e. The summed E-state index contributed by atoms with van der Waals surface area (Å²) in [5.41, 5.74) is 2.38. The van der Waals surface area contributed by atoms with Gasteiger partial charge in [-0.25, -0.2) is 9.89 Å². The van der Waals surface area contributed by atoms with Crippen LogP contribution in [-0.2, 0) is 13.0 Å². The average Bonchev–Trinajstić information content (AvgIpc) is 2.75. The molecule has 1 aromatic heterocycles. The van der Waals surface area contributed by atoms with E-state index in [1.165, 1.54) is 11.1 Å². The molecule has 82 valence electrons. The number of fused-ring (bicyclic) bond motifs is 1. The zero-order valence-electron chi connectivity index (χ0n) is 8.66. The highest BCUT2D eigenvalue weighted by Crippen LogP contribution is 2.22. The van der Waals surface area contributed by atoms with Gasteiger partial charge in [-0.1, -0.05) is 24.3 Å². The molecule has 0 saturated heterocycles. The van der Waals surface area contributed by atoms with Crippen molar-refractivity contribution in [2.75, 3.05) is 0 Å². The predicted octanol–water partition coefficient (Wildman–Crippen LogP) is 0.485. The second-order valence-electron chi connectivity index (χ2n) is 3.97. The molecule has 0 fully saturated rings. The van der Waals surface area contributed by atoms with Gasteiger partial charge in [-0.3, -0.25) is 4.98 Å². The van der Waals surface area contributed by atoms with Crippen molar-refractivity contribution in [3.63, 3.8) is 0 Å². The maximum atomic E-state index is 11.0. The second-order valence-corrected chi connectivity index (χ2v) is 3.97. The molecule has 3 rings (SSSR count). The Hall–Kier alpha value is -1.88. The maximum Gasteiger partial charge on any atom is 0.340 e. The van der Waals surface area contributed by atoms with Crippen molar-refractivity contribution in [3.8, 4) is 0 Å². The second kappa shape index (κ2) is 3.61. The average molecular weight is 216 g/mol. The zero-order chi connectivity index (χ0) is 11.0. The van der Waals surface area contributed by atoms with Crippen LogP contribution in [-0.4, -0.2) is 15.2 Å². The first kappa shape index (κ1) is 9.35. The summed E-state index contributed by atoms with van der Waals surface area (Å²) in [6.07, 6.45) is 0.858. The summed E-state index contributed by atoms with van der Waals surface area (Å²) in [5.74, 6) is 0.680. The van der Waals surface area contributed by atoms with Crippen LogP contribution >= 0.6 is 0 Å². The lowest BCUT2D eigenvalue weighted by molar-refractivity contribution is 0.477. The first-order valence-corrected chi connectivity index (χ1v) is 5.27. The fourth-order valence-electron chi connectivity index (χ4n) is 2.10. The van der Waals surface area contributed by atoms with Gasteiger partial charge in [-0.15, -0.1) is 0 Å². The molecular formula is C11H12N4O. The quantitative estimate of drug-likeness (QED) is 0.649. The van der Waals surface area contributed by atoms with E-state index in [0.717, 1.165) is 13.0 Å². The Labute approximate surface area is 91.9 Å². The van der Waals surface area contributed by atoms with Gasteiger partial charge < -0.3 is 5.32 Å². The van der Waals surface area contributed by atoms with Gasteiger partial charge in [0.2, 0.25) is 0 Å². The van der Waals surface area contributed by atoms with Crippen molar-refractivity contribution < 1.29 is 0 Å². The molecule has 5 heteroatoms. The molecule has 1 aliphatic heterocycles. The Morgan fingerprint density at radius 1 is 1.25 bits per heavy atom. The van der Waals surface area contributed by atoms with Crippen LogP contribution in [0.5, 0.6) is 0 Å². The highest BCUT2D eigenvalue weighted by atomic mass is 16.1. The highest BCUT2D eigenvalue weighted by molar-refractivity contribution is 5.30. The minimum absolute atomic E-state index is 0.0915. The van der Waals surface area contributed by atoms with Crippen molar-refractivity contribution in [1.29, 1.82) is 0 Å². The fourth-order valence-corrected chi connectivity index (χ4v) is 2.10. The van der Waals surface area contributed by atoms with Crippen LogP contribution in [0.15, 0.2) is 29.1 Å². The predicted molar refractivity (Wildman–Crippen MR) is 58.9 cm³/mol. The molecule has 0 aliphatic carbocycles. The van der Waals surface area contributed by atoms with Crippen LogP contribution in [0.25, 0.3) is 0 Å². The van der Waals surface area contributed by atoms with E-state index >= 15 is 0 Å². The number of rotatable bonds is 1. The van der Waals surface area contributed by atoms with E-state index in [-0.39, 0.29) is 11.7 Å². The third-order valence-corrected chi connectivity index (χ3v) is 2.93. The first-order valence-electron chi connectivity index (χ1n) is 5.27. The van der Waals surface area contributed by atoms with Crippen molar-refractivity contribution in [2.24, 2.45) is 0 Å². The van der Waals surface area contributed by atoms with Gasteiger partial charge in [0.1, 0.15) is 5.82 Å². The summed E-state index contributed by atoms with van der Waals surface area (Å²) in [4.78, 5) is 13.7. The number of nitrogens with one attached hydrogen (secondary N) is 3. The third kappa shape index (κ3) is 1.55. The van der Waals surface area contributed by atoms with Gasteiger partial charge in [0, 0.05) is 6.54 Å². The summed E-state index contributed by atoms with van der Waals surface area (Å²) in [6.45, 7) is 0.815. The van der Waals surface area contributed by atoms with Crippen LogP contribution in [0.3, 0.4) is 0 Å². The molecule has 2 heterocycles. The molecule has 1 unspecified atom stereocenters. The molecule has 5 nitrogen and oxygen atoms in total. The van der Waals surface area contributed by atoms with Gasteiger partial charge in [0.05, 0.1) is 6.04 Å². The number of aromatic amines is 2. The van der Waals surface area contributed by atoms with E-state index in [9.17, 15) is 4.79 Å². The van der Waals surface area contributed by atoms with Gasteiger partial charge in [0.25, 0.3) is 0 Å². The molecular weight excluding hydrogens is 204 g/mol. The molecule has 1 aliphatic rings. The van der Waals surface area contributed by atoms with Crippen molar-refractivity contribution in [1.82, 2.24) is 20.5 Å². The Balaban J connectivity index is 1.90. The van der Waals surface area contributed by atoms with Crippen molar-refractivity contribution >= 4 is 0 Å². The zero-order valence-corrected chi connectivity index (χ0v) is 8.66. The minimum atomic E-state index is -0.254. The van der Waals surface area contributed by atoms with Crippen LogP contribution in [0.2, 0.25) is 0 Å². The third-order valence-electron chi connectivity index (χ3n) is 2.93. The molecule has 0 saturated carbocycles. The minimum Gasteiger partial charge on any atom is -0.303 e. The Kier molecular flexibility index (Phi) is 2.11. The molecule has 2 aromatic rings. The monoisotopic (exact) mass is 216 g/mol. The topological polar surface area (TPSA) is 73.6 Å². The smallest absolute Gasteiger partial charge is 0.303 e. The Bertz CT molecular complexity index is 557. The molecule has 1 atom stereocenters. The van der Waals surface area contributed by atoms with Gasteiger partial charge in [0.15, 0.2) is 0 Å². The Morgan fingerprint density at radius 2 is 2.06 bits per heavy atom. The molecule has 16 heavy (non-hydrogen) atoms. The maximum absolute atomic E-state index is 11.0. The summed E-state index contributed by atoms with van der Waals surface area (Å²) in [5, 5.41) is 9.70. The fraction of sp³-hybridized carbons (Fsp3) is 0.273. The molecule has 3 N–H and O–H groups in total. The Morgan fingerprint density at radius 3 is 2.81 bits per heavy atom. The van der Waals surface area contributed by atoms with Gasteiger partial charge in [-0.2, -0.15) is 5.10 Å². The van der Waals surface area contributed by atoms with Crippen molar-refractivity contribution in [3.05, 3.63) is 51.7 Å². The summed E-state index contributed by atoms with van der Waals surface area (Å²) in [6, 6.07) is 8.40. The van der Waals surface area contributed by atoms with E-state index < -0.39 is 0 Å². The number of aromatic nitrogens is 3. The summed E-state index contributed by atoms with van der Waals surface area (Å²) < 4.78 is 0. The molecule has 0 radical (unpaired) electrons. The van der Waals surface area contributed by atoms with E-state index in [4.69, 9.17) is 0 Å². The van der Waals surface area contributed by atoms with E-state index in [2.05, 4.69) is 32.6 Å². The standard InChI is InChI=1S/C11H12N4O/c16-11-13-10(14-15-11)9-5-7-3-1-2-4-8(7)6-12-9/h1-4,9,12H,5-6H2,(H2,13,14,15,16). The summed E-state index contributed by atoms with van der Waals surface area (Å²) >= 11 is 0. The SMILES string of the molecule is O=c1[nH]nc(C2Cc3ccccc3CN2)[nH]1. The van der Waals surface area contributed by atoms with Crippen LogP contribution in [0.4, 0.5) is 0 Å². The molecule has 0 bridgehead atoms. The molecule has 1 aromatic carbocycles.